The number of H-pyrrole nitrogens is 1. The summed E-state index contributed by atoms with van der Waals surface area (Å²) in [6.45, 7) is 0.521. The smallest absolute Gasteiger partial charge is 0.270 e. The van der Waals surface area contributed by atoms with Crippen LogP contribution < -0.4 is 5.32 Å². The Morgan fingerprint density at radius 1 is 1.20 bits per heavy atom. The molecule has 2 N–H and O–H groups in total. The van der Waals surface area contributed by atoms with Crippen LogP contribution in [0.4, 0.5) is 18.9 Å². The Hall–Kier alpha value is -3.56. The number of carbonyl (C=O) groups is 2. The van der Waals surface area contributed by atoms with Gasteiger partial charge in [0.05, 0.1) is 11.6 Å². The van der Waals surface area contributed by atoms with Gasteiger partial charge in [-0.2, -0.15) is 0 Å². The molecule has 2 aromatic heterocycles. The summed E-state index contributed by atoms with van der Waals surface area (Å²) >= 11 is 0. The zero-order valence-corrected chi connectivity index (χ0v) is 16.0. The van der Waals surface area contributed by atoms with Crippen molar-refractivity contribution in [1.29, 1.82) is 0 Å². The number of likely N-dealkylation sites (tertiary alicyclic amines) is 1. The number of rotatable bonds is 4. The van der Waals surface area contributed by atoms with E-state index in [-0.39, 0.29) is 18.1 Å². The normalized spacial score (nSPS) is 16.1. The summed E-state index contributed by atoms with van der Waals surface area (Å²) in [6.07, 6.45) is 3.84. The molecule has 0 saturated carbocycles. The summed E-state index contributed by atoms with van der Waals surface area (Å²) in [5.74, 6) is -4.98. The number of benzene rings is 1. The van der Waals surface area contributed by atoms with Crippen molar-refractivity contribution in [2.45, 2.75) is 6.42 Å². The Labute approximate surface area is 169 Å². The average molecular weight is 417 g/mol. The minimum absolute atomic E-state index is 0.160. The van der Waals surface area contributed by atoms with Crippen LogP contribution in [0.3, 0.4) is 0 Å². The number of hydrogen-bond acceptors (Lipinski definition) is 3. The summed E-state index contributed by atoms with van der Waals surface area (Å²) < 4.78 is 41.5. The third-order valence-corrected chi connectivity index (χ3v) is 5.08. The number of aryl methyl sites for hydroxylation is 1. The predicted octanol–water partition coefficient (Wildman–Crippen LogP) is 2.93. The fourth-order valence-electron chi connectivity index (χ4n) is 3.48. The second-order valence-electron chi connectivity index (χ2n) is 7.13. The molecule has 1 fully saturated rings. The van der Waals surface area contributed by atoms with E-state index in [0.29, 0.717) is 42.3 Å². The summed E-state index contributed by atoms with van der Waals surface area (Å²) in [5, 5.41) is 2.38. The van der Waals surface area contributed by atoms with Crippen molar-refractivity contribution < 1.29 is 22.8 Å². The number of nitrogens with zero attached hydrogens (tertiary/aromatic N) is 3. The largest absolute Gasteiger partial charge is 0.348 e. The predicted molar refractivity (Wildman–Crippen MR) is 102 cm³/mol. The quantitative estimate of drug-likeness (QED) is 0.641. The topological polar surface area (TPSA) is 83.0 Å². The summed E-state index contributed by atoms with van der Waals surface area (Å²) in [5.41, 5.74) is 0.890. The van der Waals surface area contributed by atoms with Crippen LogP contribution in [0.15, 0.2) is 36.7 Å². The van der Waals surface area contributed by atoms with Crippen molar-refractivity contribution >= 4 is 17.5 Å². The number of halogens is 3. The lowest BCUT2D eigenvalue weighted by Crippen LogP contribution is -2.31. The molecular weight excluding hydrogens is 399 g/mol. The fourth-order valence-corrected chi connectivity index (χ4v) is 3.48. The van der Waals surface area contributed by atoms with Crippen LogP contribution in [0.2, 0.25) is 0 Å². The van der Waals surface area contributed by atoms with E-state index >= 15 is 0 Å². The van der Waals surface area contributed by atoms with Gasteiger partial charge in [0.2, 0.25) is 5.91 Å². The van der Waals surface area contributed by atoms with E-state index in [1.807, 2.05) is 11.6 Å². The zero-order valence-electron chi connectivity index (χ0n) is 16.0. The Morgan fingerprint density at radius 3 is 2.60 bits per heavy atom. The molecule has 4 rings (SSSR count). The maximum absolute atomic E-state index is 13.3. The summed E-state index contributed by atoms with van der Waals surface area (Å²) in [4.78, 5) is 34.0. The molecule has 0 aliphatic carbocycles. The first-order valence-corrected chi connectivity index (χ1v) is 9.25. The molecular formula is C20H18F3N5O2. The minimum Gasteiger partial charge on any atom is -0.348 e. The highest BCUT2D eigenvalue weighted by molar-refractivity contribution is 5.96. The van der Waals surface area contributed by atoms with Gasteiger partial charge in [0, 0.05) is 50.4 Å². The van der Waals surface area contributed by atoms with Crippen molar-refractivity contribution in [3.05, 3.63) is 59.8 Å². The fraction of sp³-hybridized carbons (Fsp3) is 0.250. The number of hydrogen-bond donors (Lipinski definition) is 2. The molecule has 7 nitrogen and oxygen atoms in total. The lowest BCUT2D eigenvalue weighted by Gasteiger charge is -2.16. The standard InChI is InChI=1S/C20H18F3N5O2/c1-27-7-5-24-18(27)15-2-3-16(26-15)20(30)28-6-4-11(10-28)19(29)25-12-8-13(21)17(23)14(22)9-12/h2-3,5,7-9,11,26H,4,6,10H2,1H3,(H,25,29)/t11-/m0/s1. The number of carbonyl (C=O) groups excluding carboxylic acids is 2. The maximum Gasteiger partial charge on any atom is 0.270 e. The van der Waals surface area contributed by atoms with Gasteiger partial charge in [-0.05, 0) is 18.6 Å². The van der Waals surface area contributed by atoms with Crippen LogP contribution in [0, 0.1) is 23.4 Å². The molecule has 1 saturated heterocycles. The van der Waals surface area contributed by atoms with Gasteiger partial charge in [-0.3, -0.25) is 9.59 Å². The van der Waals surface area contributed by atoms with Gasteiger partial charge in [0.1, 0.15) is 5.69 Å². The van der Waals surface area contributed by atoms with Gasteiger partial charge in [-0.15, -0.1) is 0 Å². The number of amides is 2. The van der Waals surface area contributed by atoms with Gasteiger partial charge in [0.15, 0.2) is 23.3 Å². The molecule has 10 heteroatoms. The van der Waals surface area contributed by atoms with Crippen LogP contribution in [0.1, 0.15) is 16.9 Å². The van der Waals surface area contributed by atoms with Gasteiger partial charge < -0.3 is 19.8 Å². The van der Waals surface area contributed by atoms with Crippen LogP contribution in [0.5, 0.6) is 0 Å². The van der Waals surface area contributed by atoms with E-state index in [0.717, 1.165) is 0 Å². The lowest BCUT2D eigenvalue weighted by atomic mass is 10.1. The molecule has 2 amide bonds. The highest BCUT2D eigenvalue weighted by atomic mass is 19.2. The van der Waals surface area contributed by atoms with E-state index < -0.39 is 29.3 Å². The minimum atomic E-state index is -1.60. The molecule has 3 heterocycles. The molecule has 0 spiro atoms. The third-order valence-electron chi connectivity index (χ3n) is 5.08. The van der Waals surface area contributed by atoms with Crippen molar-refractivity contribution in [2.75, 3.05) is 18.4 Å². The van der Waals surface area contributed by atoms with Crippen molar-refractivity contribution in [3.8, 4) is 11.5 Å². The van der Waals surface area contributed by atoms with Gasteiger partial charge in [-0.1, -0.05) is 0 Å². The highest BCUT2D eigenvalue weighted by Crippen LogP contribution is 2.23. The van der Waals surface area contributed by atoms with E-state index in [2.05, 4.69) is 15.3 Å². The number of imidazole rings is 1. The molecule has 1 aromatic carbocycles. The van der Waals surface area contributed by atoms with Crippen molar-refractivity contribution in [3.63, 3.8) is 0 Å². The highest BCUT2D eigenvalue weighted by Gasteiger charge is 2.32. The Morgan fingerprint density at radius 2 is 1.93 bits per heavy atom. The first-order chi connectivity index (χ1) is 14.3. The number of aromatic amines is 1. The molecule has 0 radical (unpaired) electrons. The molecule has 3 aromatic rings. The first kappa shape index (κ1) is 19.7. The van der Waals surface area contributed by atoms with Crippen LogP contribution >= 0.6 is 0 Å². The second kappa shape index (κ2) is 7.69. The van der Waals surface area contributed by atoms with E-state index in [1.165, 1.54) is 4.90 Å². The molecule has 30 heavy (non-hydrogen) atoms. The number of anilines is 1. The first-order valence-electron chi connectivity index (χ1n) is 9.25. The maximum atomic E-state index is 13.3. The lowest BCUT2D eigenvalue weighted by molar-refractivity contribution is -0.119. The van der Waals surface area contributed by atoms with Crippen LogP contribution in [-0.2, 0) is 11.8 Å². The zero-order chi connectivity index (χ0) is 21.4. The molecule has 0 bridgehead atoms. The third kappa shape index (κ3) is 3.68. The Kier molecular flexibility index (Phi) is 5.06. The van der Waals surface area contributed by atoms with Crippen LogP contribution in [-0.4, -0.2) is 44.3 Å². The number of aromatic nitrogens is 3. The van der Waals surface area contributed by atoms with Crippen molar-refractivity contribution in [1.82, 2.24) is 19.4 Å². The molecule has 1 aliphatic rings. The second-order valence-corrected chi connectivity index (χ2v) is 7.13. The molecule has 1 aliphatic heterocycles. The van der Waals surface area contributed by atoms with Gasteiger partial charge in [0.25, 0.3) is 5.91 Å². The van der Waals surface area contributed by atoms with E-state index in [4.69, 9.17) is 0 Å². The molecule has 1 atom stereocenters. The Balaban J connectivity index is 1.40. The summed E-state index contributed by atoms with van der Waals surface area (Å²) in [7, 11) is 1.84. The SMILES string of the molecule is Cn1ccnc1-c1ccc(C(=O)N2CC[C@H](C(=O)Nc3cc(F)c(F)c(F)c3)C2)[nH]1. The average Bonchev–Trinajstić information content (AvgIpc) is 3.45. The van der Waals surface area contributed by atoms with E-state index in [1.54, 1.807) is 24.5 Å². The molecule has 156 valence electrons. The number of nitrogens with one attached hydrogen (secondary N) is 2. The van der Waals surface area contributed by atoms with Crippen molar-refractivity contribution in [2.24, 2.45) is 13.0 Å². The monoisotopic (exact) mass is 417 g/mol. The Bertz CT molecular complexity index is 1100. The molecule has 0 unspecified atom stereocenters. The summed E-state index contributed by atoms with van der Waals surface area (Å²) in [6, 6.07) is 4.84. The van der Waals surface area contributed by atoms with Gasteiger partial charge in [-0.25, -0.2) is 18.2 Å². The van der Waals surface area contributed by atoms with Crippen LogP contribution in [0.25, 0.3) is 11.5 Å². The van der Waals surface area contributed by atoms with Gasteiger partial charge >= 0.3 is 0 Å². The van der Waals surface area contributed by atoms with E-state index in [9.17, 15) is 22.8 Å².